The van der Waals surface area contributed by atoms with E-state index in [1.165, 1.54) is 35.6 Å². The number of hydrogen-bond acceptors (Lipinski definition) is 12. The molecule has 2 aliphatic rings. The molecular formula is C27H30N9O4S2+. The van der Waals surface area contributed by atoms with Crippen molar-refractivity contribution in [3.63, 3.8) is 0 Å². The van der Waals surface area contributed by atoms with Crippen LogP contribution in [0.1, 0.15) is 46.6 Å². The van der Waals surface area contributed by atoms with Crippen molar-refractivity contribution < 1.29 is 19.7 Å². The maximum absolute atomic E-state index is 12.9. The van der Waals surface area contributed by atoms with Crippen LogP contribution < -0.4 is 27.1 Å². The van der Waals surface area contributed by atoms with E-state index in [0.29, 0.717) is 48.2 Å². The molecule has 1 saturated heterocycles. The molecule has 218 valence electrons. The number of amides is 1. The molecule has 1 amide bonds. The van der Waals surface area contributed by atoms with Gasteiger partial charge in [-0.2, -0.15) is 4.37 Å². The highest BCUT2D eigenvalue weighted by Gasteiger charge is 2.28. The van der Waals surface area contributed by atoms with Gasteiger partial charge >= 0.3 is 0 Å². The largest absolute Gasteiger partial charge is 0.459 e. The molecular weight excluding hydrogens is 578 g/mol. The maximum Gasteiger partial charge on any atom is 0.254 e. The van der Waals surface area contributed by atoms with E-state index in [1.54, 1.807) is 16.7 Å². The zero-order valence-corrected chi connectivity index (χ0v) is 24.4. The molecule has 5 aromatic rings. The Kier molecular flexibility index (Phi) is 7.09. The van der Waals surface area contributed by atoms with Gasteiger partial charge in [0.25, 0.3) is 5.91 Å². The Morgan fingerprint density at radius 1 is 1.21 bits per heavy atom. The molecule has 6 heterocycles. The third-order valence-electron chi connectivity index (χ3n) is 7.93. The van der Waals surface area contributed by atoms with Crippen LogP contribution in [0.3, 0.4) is 0 Å². The molecule has 0 radical (unpaired) electrons. The average Bonchev–Trinajstić information content (AvgIpc) is 3.75. The number of fused-ring (bicyclic) bond motifs is 2. The highest BCUT2D eigenvalue weighted by molar-refractivity contribution is 7.22. The fourth-order valence-electron chi connectivity index (χ4n) is 5.71. The Labute approximate surface area is 247 Å². The number of furan rings is 1. The van der Waals surface area contributed by atoms with Gasteiger partial charge < -0.3 is 30.8 Å². The number of aromatic nitrogens is 5. The van der Waals surface area contributed by atoms with Crippen LogP contribution in [0.4, 0.5) is 10.9 Å². The van der Waals surface area contributed by atoms with Gasteiger partial charge in [-0.25, -0.2) is 4.98 Å². The second kappa shape index (κ2) is 11.1. The first-order valence-electron chi connectivity index (χ1n) is 13.9. The Hall–Kier alpha value is -3.92. The van der Waals surface area contributed by atoms with Gasteiger partial charge in [-0.15, -0.1) is 21.5 Å². The average molecular weight is 609 g/mol. The van der Waals surface area contributed by atoms with Crippen molar-refractivity contribution in [3.8, 4) is 11.3 Å². The van der Waals surface area contributed by atoms with E-state index in [1.807, 2.05) is 6.07 Å². The van der Waals surface area contributed by atoms with Gasteiger partial charge in [0.05, 0.1) is 45.9 Å². The van der Waals surface area contributed by atoms with E-state index in [-0.39, 0.29) is 23.1 Å². The number of nitrogens with zero attached hydrogens (tertiary/aromatic N) is 6. The molecule has 2 fully saturated rings. The lowest BCUT2D eigenvalue weighted by atomic mass is 9.91. The Balaban J connectivity index is 1.23. The summed E-state index contributed by atoms with van der Waals surface area (Å²) in [6.07, 6.45) is 7.76. The highest BCUT2D eigenvalue weighted by atomic mass is 32.1. The van der Waals surface area contributed by atoms with Crippen LogP contribution in [-0.2, 0) is 11.2 Å². The van der Waals surface area contributed by atoms with Gasteiger partial charge in [-0.3, -0.25) is 14.0 Å². The highest BCUT2D eigenvalue weighted by Crippen LogP contribution is 2.37. The molecule has 5 aromatic heterocycles. The molecule has 1 aliphatic carbocycles. The van der Waals surface area contributed by atoms with Crippen LogP contribution in [0, 0.1) is 0 Å². The number of rotatable bonds is 7. The molecule has 0 bridgehead atoms. The lowest BCUT2D eigenvalue weighted by Crippen LogP contribution is -2.68. The van der Waals surface area contributed by atoms with Gasteiger partial charge in [0.1, 0.15) is 24.2 Å². The number of nitrogens with two attached hydrogens (primary N) is 1. The number of hydrogen-bond donors (Lipinski definition) is 3. The fraction of sp³-hybridized carbons (Fsp3) is 0.407. The Bertz CT molecular complexity index is 1840. The van der Waals surface area contributed by atoms with Crippen molar-refractivity contribution in [2.75, 3.05) is 36.5 Å². The van der Waals surface area contributed by atoms with Crippen molar-refractivity contribution in [2.24, 2.45) is 5.73 Å². The lowest BCUT2D eigenvalue weighted by molar-refractivity contribution is -0.427. The van der Waals surface area contributed by atoms with Gasteiger partial charge in [0, 0.05) is 36.9 Å². The van der Waals surface area contributed by atoms with Gasteiger partial charge in [-0.05, 0) is 30.4 Å². The molecule has 2 atom stereocenters. The molecule has 13 nitrogen and oxygen atoms in total. The van der Waals surface area contributed by atoms with Crippen molar-refractivity contribution >= 4 is 55.7 Å². The number of carbonyl (C=O) groups excluding carboxylic acids is 1. The predicted octanol–water partition coefficient (Wildman–Crippen LogP) is 1.91. The number of anilines is 2. The van der Waals surface area contributed by atoms with Crippen LogP contribution in [-0.4, -0.2) is 68.2 Å². The normalized spacial score (nSPS) is 19.5. The molecule has 7 rings (SSSR count). The summed E-state index contributed by atoms with van der Waals surface area (Å²) < 4.78 is 18.3. The molecule has 0 spiro atoms. The number of quaternary nitrogens is 1. The van der Waals surface area contributed by atoms with Crippen molar-refractivity contribution in [3.05, 3.63) is 51.1 Å². The summed E-state index contributed by atoms with van der Waals surface area (Å²) in [5.74, 6) is -0.0673. The smallest absolute Gasteiger partial charge is 0.254 e. The summed E-state index contributed by atoms with van der Waals surface area (Å²) in [6, 6.07) is 3.97. The third-order valence-corrected chi connectivity index (χ3v) is 9.91. The minimum atomic E-state index is -0.624. The SMILES string of the molecule is NC(=O)c1c(Cc2cc(-c3coc4c(=O)cc(N5CCOCC5)sc34)ns2)nc(N[C@H]2CCCC[C@H]2[NH3+])n2cnnc12. The summed E-state index contributed by atoms with van der Waals surface area (Å²) in [6.45, 7) is 2.72. The first-order chi connectivity index (χ1) is 20.5. The Morgan fingerprint density at radius 3 is 2.86 bits per heavy atom. The van der Waals surface area contributed by atoms with Crippen LogP contribution in [0.2, 0.25) is 0 Å². The number of nitrogens with one attached hydrogen (secondary N) is 1. The van der Waals surface area contributed by atoms with Gasteiger partial charge in [-0.1, -0.05) is 6.42 Å². The molecule has 15 heteroatoms. The van der Waals surface area contributed by atoms with E-state index in [4.69, 9.17) is 19.9 Å². The number of primary amides is 1. The molecule has 0 aromatic carbocycles. The number of ether oxygens (including phenoxy) is 1. The van der Waals surface area contributed by atoms with Crippen molar-refractivity contribution in [2.45, 2.75) is 44.2 Å². The molecule has 0 unspecified atom stereocenters. The summed E-state index contributed by atoms with van der Waals surface area (Å²) in [4.78, 5) is 33.4. The predicted molar refractivity (Wildman–Crippen MR) is 159 cm³/mol. The molecule has 1 aliphatic heterocycles. The van der Waals surface area contributed by atoms with Crippen molar-refractivity contribution in [1.82, 2.24) is 24.0 Å². The summed E-state index contributed by atoms with van der Waals surface area (Å²) in [5, 5.41) is 12.6. The second-order valence-electron chi connectivity index (χ2n) is 10.7. The fourth-order valence-corrected chi connectivity index (χ4v) is 7.63. The quantitative estimate of drug-likeness (QED) is 0.247. The van der Waals surface area contributed by atoms with Crippen LogP contribution in [0.15, 0.2) is 33.9 Å². The standard InChI is InChI=1S/C27H29N9O4S2/c28-16-3-1-2-4-17(16)31-27-32-19(22(25(29)38)26-33-30-13-36(26)27)10-14-9-18(34-42-14)15-12-40-23-20(37)11-21(41-24(15)23)35-5-7-39-8-6-35/h9,11-13,16-17H,1-8,10,28H2,(H2,29,38)(H,31,32)/p+1/t16-,17+/m1/s1. The second-order valence-corrected chi connectivity index (χ2v) is 12.6. The number of carbonyl (C=O) groups is 1. The van der Waals surface area contributed by atoms with Crippen LogP contribution in [0.25, 0.3) is 27.2 Å². The van der Waals surface area contributed by atoms with Crippen molar-refractivity contribution in [1.29, 1.82) is 0 Å². The zero-order valence-electron chi connectivity index (χ0n) is 22.7. The maximum atomic E-state index is 12.9. The van der Waals surface area contributed by atoms with E-state index in [2.05, 4.69) is 30.5 Å². The van der Waals surface area contributed by atoms with E-state index >= 15 is 0 Å². The molecule has 1 saturated carbocycles. The monoisotopic (exact) mass is 608 g/mol. The first kappa shape index (κ1) is 26.9. The first-order valence-corrected chi connectivity index (χ1v) is 15.5. The van der Waals surface area contributed by atoms with E-state index in [9.17, 15) is 9.59 Å². The Morgan fingerprint density at radius 2 is 2.05 bits per heavy atom. The van der Waals surface area contributed by atoms with E-state index < -0.39 is 5.91 Å². The minimum absolute atomic E-state index is 0.156. The van der Waals surface area contributed by atoms with Crippen LogP contribution in [0.5, 0.6) is 0 Å². The van der Waals surface area contributed by atoms with Gasteiger partial charge in [0.2, 0.25) is 11.4 Å². The third kappa shape index (κ3) is 4.91. The minimum Gasteiger partial charge on any atom is -0.459 e. The van der Waals surface area contributed by atoms with Crippen LogP contribution >= 0.6 is 22.9 Å². The summed E-state index contributed by atoms with van der Waals surface area (Å²) in [5.41, 5.74) is 12.8. The number of morpholine rings is 1. The zero-order chi connectivity index (χ0) is 28.8. The molecule has 42 heavy (non-hydrogen) atoms. The van der Waals surface area contributed by atoms with Gasteiger partial charge in [0.15, 0.2) is 11.2 Å². The van der Waals surface area contributed by atoms with E-state index in [0.717, 1.165) is 52.5 Å². The summed E-state index contributed by atoms with van der Waals surface area (Å²) >= 11 is 2.81. The lowest BCUT2D eigenvalue weighted by Gasteiger charge is -2.27. The topological polar surface area (TPSA) is 181 Å². The summed E-state index contributed by atoms with van der Waals surface area (Å²) in [7, 11) is 0. The molecule has 6 N–H and O–H groups in total.